The topological polar surface area (TPSA) is 78.4 Å². The van der Waals surface area contributed by atoms with Crippen molar-refractivity contribution in [3.05, 3.63) is 0 Å². The molecule has 2 fully saturated rings. The Bertz CT molecular complexity index is 383. The summed E-state index contributed by atoms with van der Waals surface area (Å²) >= 11 is 1.85. The fraction of sp³-hybridized carbons (Fsp3) is 0.867. The van der Waals surface area contributed by atoms with Gasteiger partial charge in [0.05, 0.1) is 5.41 Å². The molecule has 0 bridgehead atoms. The van der Waals surface area contributed by atoms with Crippen LogP contribution in [0.5, 0.6) is 0 Å². The van der Waals surface area contributed by atoms with Gasteiger partial charge < -0.3 is 15.7 Å². The lowest BCUT2D eigenvalue weighted by Crippen LogP contribution is -2.48. The molecule has 2 atom stereocenters. The van der Waals surface area contributed by atoms with Crippen molar-refractivity contribution in [1.29, 1.82) is 0 Å². The van der Waals surface area contributed by atoms with Crippen molar-refractivity contribution >= 4 is 23.8 Å². The van der Waals surface area contributed by atoms with E-state index in [2.05, 4.69) is 16.9 Å². The van der Waals surface area contributed by atoms with Gasteiger partial charge in [0.2, 0.25) is 0 Å². The van der Waals surface area contributed by atoms with Crippen LogP contribution in [0.1, 0.15) is 51.4 Å². The molecule has 0 aromatic carbocycles. The molecular formula is C15H26N2O3S. The number of rotatable bonds is 5. The third kappa shape index (κ3) is 4.28. The first-order valence-corrected chi connectivity index (χ1v) is 9.15. The second kappa shape index (κ2) is 7.38. The summed E-state index contributed by atoms with van der Waals surface area (Å²) in [6.45, 7) is 0.243. The zero-order valence-electron chi connectivity index (χ0n) is 12.7. The molecule has 2 unspecified atom stereocenters. The van der Waals surface area contributed by atoms with Gasteiger partial charge in [0, 0.05) is 17.8 Å². The molecule has 2 saturated carbocycles. The minimum absolute atomic E-state index is 0.215. The lowest BCUT2D eigenvalue weighted by atomic mass is 9.74. The number of hydrogen-bond acceptors (Lipinski definition) is 3. The van der Waals surface area contributed by atoms with Gasteiger partial charge in [-0.15, -0.1) is 0 Å². The van der Waals surface area contributed by atoms with Crippen LogP contribution in [0.3, 0.4) is 0 Å². The van der Waals surface area contributed by atoms with Gasteiger partial charge >= 0.3 is 12.0 Å². The molecule has 3 N–H and O–H groups in total. The number of amides is 2. The standard InChI is InChI=1S/C15H26N2O3S/c1-21-12-6-5-11(9-12)17-14(20)16-10-15(13(18)19)7-3-2-4-8-15/h11-12H,2-10H2,1H3,(H,18,19)(H2,16,17,20). The third-order valence-corrected chi connectivity index (χ3v) is 6.00. The van der Waals surface area contributed by atoms with Crippen molar-refractivity contribution in [1.82, 2.24) is 10.6 Å². The number of aliphatic carboxylic acids is 1. The van der Waals surface area contributed by atoms with Crippen molar-refractivity contribution in [3.8, 4) is 0 Å². The highest BCUT2D eigenvalue weighted by molar-refractivity contribution is 7.99. The molecule has 2 rings (SSSR count). The normalized spacial score (nSPS) is 28.0. The van der Waals surface area contributed by atoms with Crippen molar-refractivity contribution in [2.24, 2.45) is 5.41 Å². The Morgan fingerprint density at radius 3 is 2.52 bits per heavy atom. The van der Waals surface area contributed by atoms with Crippen molar-refractivity contribution < 1.29 is 14.7 Å². The van der Waals surface area contributed by atoms with E-state index in [0.717, 1.165) is 38.5 Å². The van der Waals surface area contributed by atoms with Crippen molar-refractivity contribution in [2.45, 2.75) is 62.7 Å². The molecule has 5 nitrogen and oxygen atoms in total. The number of carbonyl (C=O) groups is 2. The van der Waals surface area contributed by atoms with Crippen LogP contribution in [-0.4, -0.2) is 41.2 Å². The van der Waals surface area contributed by atoms with Crippen LogP contribution in [0, 0.1) is 5.41 Å². The molecule has 0 heterocycles. The lowest BCUT2D eigenvalue weighted by Gasteiger charge is -2.33. The van der Waals surface area contributed by atoms with Gasteiger partial charge in [-0.2, -0.15) is 11.8 Å². The Labute approximate surface area is 130 Å². The van der Waals surface area contributed by atoms with Crippen molar-refractivity contribution in [3.63, 3.8) is 0 Å². The lowest BCUT2D eigenvalue weighted by molar-refractivity contribution is -0.150. The largest absolute Gasteiger partial charge is 0.481 e. The average molecular weight is 314 g/mol. The SMILES string of the molecule is CSC1CCC(NC(=O)NCC2(C(=O)O)CCCCC2)C1. The number of hydrogen-bond donors (Lipinski definition) is 3. The van der Waals surface area contributed by atoms with Gasteiger partial charge in [-0.25, -0.2) is 4.79 Å². The van der Waals surface area contributed by atoms with Gasteiger partial charge in [-0.1, -0.05) is 19.3 Å². The maximum atomic E-state index is 12.0. The highest BCUT2D eigenvalue weighted by Gasteiger charge is 2.40. The molecule has 2 aliphatic rings. The molecule has 6 heteroatoms. The molecular weight excluding hydrogens is 288 g/mol. The molecule has 2 amide bonds. The first kappa shape index (κ1) is 16.5. The van der Waals surface area contributed by atoms with Crippen LogP contribution in [0.4, 0.5) is 4.79 Å². The van der Waals surface area contributed by atoms with Crippen LogP contribution in [0.2, 0.25) is 0 Å². The van der Waals surface area contributed by atoms with Crippen LogP contribution in [0.15, 0.2) is 0 Å². The summed E-state index contributed by atoms with van der Waals surface area (Å²) in [7, 11) is 0. The molecule has 21 heavy (non-hydrogen) atoms. The second-order valence-corrected chi connectivity index (χ2v) is 7.48. The fourth-order valence-corrected chi connectivity index (χ4v) is 4.26. The Hall–Kier alpha value is -0.910. The van der Waals surface area contributed by atoms with E-state index in [0.29, 0.717) is 18.1 Å². The minimum Gasteiger partial charge on any atom is -0.481 e. The molecule has 0 spiro atoms. The summed E-state index contributed by atoms with van der Waals surface area (Å²) in [5, 5.41) is 15.9. The number of carboxylic acids is 1. The fourth-order valence-electron chi connectivity index (χ4n) is 3.47. The second-order valence-electron chi connectivity index (χ2n) is 6.34. The molecule has 0 saturated heterocycles. The predicted molar refractivity (Wildman–Crippen MR) is 84.6 cm³/mol. The Kier molecular flexibility index (Phi) is 5.79. The van der Waals surface area contributed by atoms with Gasteiger partial charge in [-0.3, -0.25) is 4.79 Å². The van der Waals surface area contributed by atoms with Gasteiger partial charge in [0.1, 0.15) is 0 Å². The average Bonchev–Trinajstić information content (AvgIpc) is 2.93. The molecule has 2 aliphatic carbocycles. The highest BCUT2D eigenvalue weighted by atomic mass is 32.2. The molecule has 0 aliphatic heterocycles. The van der Waals surface area contributed by atoms with Gasteiger partial charge in [0.25, 0.3) is 0 Å². The van der Waals surface area contributed by atoms with Crippen LogP contribution < -0.4 is 10.6 Å². The molecule has 0 aromatic rings. The Morgan fingerprint density at radius 1 is 1.24 bits per heavy atom. The van der Waals surface area contributed by atoms with E-state index >= 15 is 0 Å². The quantitative estimate of drug-likeness (QED) is 0.729. The van der Waals surface area contributed by atoms with Gasteiger partial charge in [0.15, 0.2) is 0 Å². The Balaban J connectivity index is 1.78. The first-order valence-electron chi connectivity index (χ1n) is 7.86. The maximum Gasteiger partial charge on any atom is 0.315 e. The van der Waals surface area contributed by atoms with E-state index in [4.69, 9.17) is 0 Å². The van der Waals surface area contributed by atoms with Crippen molar-refractivity contribution in [2.75, 3.05) is 12.8 Å². The van der Waals surface area contributed by atoms with Crippen LogP contribution in [0.25, 0.3) is 0 Å². The smallest absolute Gasteiger partial charge is 0.315 e. The Morgan fingerprint density at radius 2 is 1.95 bits per heavy atom. The monoisotopic (exact) mass is 314 g/mol. The van der Waals surface area contributed by atoms with E-state index in [1.807, 2.05) is 11.8 Å². The minimum atomic E-state index is -0.772. The number of urea groups is 1. The highest BCUT2D eigenvalue weighted by Crippen LogP contribution is 2.36. The number of nitrogens with one attached hydrogen (secondary N) is 2. The molecule has 0 aromatic heterocycles. The summed E-state index contributed by atoms with van der Waals surface area (Å²) in [5.41, 5.74) is -0.757. The summed E-state index contributed by atoms with van der Waals surface area (Å²) in [5.74, 6) is -0.772. The van der Waals surface area contributed by atoms with E-state index in [9.17, 15) is 14.7 Å². The summed E-state index contributed by atoms with van der Waals surface area (Å²) < 4.78 is 0. The molecule has 0 radical (unpaired) electrons. The summed E-state index contributed by atoms with van der Waals surface area (Å²) in [4.78, 5) is 23.5. The van der Waals surface area contributed by atoms with Gasteiger partial charge in [-0.05, 0) is 38.4 Å². The molecule has 120 valence electrons. The van der Waals surface area contributed by atoms with E-state index in [1.54, 1.807) is 0 Å². The van der Waals surface area contributed by atoms with E-state index < -0.39 is 11.4 Å². The summed E-state index contributed by atoms with van der Waals surface area (Å²) in [6, 6.07) is 0.0162. The van der Waals surface area contributed by atoms with Crippen LogP contribution in [-0.2, 0) is 4.79 Å². The van der Waals surface area contributed by atoms with Crippen LogP contribution >= 0.6 is 11.8 Å². The zero-order valence-corrected chi connectivity index (χ0v) is 13.5. The van der Waals surface area contributed by atoms with E-state index in [-0.39, 0.29) is 18.6 Å². The summed E-state index contributed by atoms with van der Waals surface area (Å²) in [6.07, 6.45) is 9.58. The van der Waals surface area contributed by atoms with E-state index in [1.165, 1.54) is 0 Å². The maximum absolute atomic E-state index is 12.0. The predicted octanol–water partition coefficient (Wildman–Crippen LogP) is 2.60. The number of carbonyl (C=O) groups excluding carboxylic acids is 1. The number of carboxylic acid groups (broad SMARTS) is 1. The number of thioether (sulfide) groups is 1. The third-order valence-electron chi connectivity index (χ3n) is 4.90. The first-order chi connectivity index (χ1) is 10.1. The zero-order chi connectivity index (χ0) is 15.3.